The second-order valence-electron chi connectivity index (χ2n) is 11.6. The van der Waals surface area contributed by atoms with Crippen LogP contribution in [0.25, 0.3) is 0 Å². The SMILES string of the molecule is CC(C)N1N=C(C(=O)NC2C[C@H]3CC[C@@H](C2)N3C[C@H](O)CN2CCN(S(C)(=O)=O)CC2)C2CC=CC=C21. The number of nitrogens with one attached hydrogen (secondary N) is 1. The number of carbonyl (C=O) groups is 1. The van der Waals surface area contributed by atoms with E-state index in [1.807, 2.05) is 5.01 Å². The van der Waals surface area contributed by atoms with Gasteiger partial charge in [0.15, 0.2) is 0 Å². The molecule has 2 unspecified atom stereocenters. The summed E-state index contributed by atoms with van der Waals surface area (Å²) in [4.78, 5) is 17.9. The highest BCUT2D eigenvalue weighted by molar-refractivity contribution is 7.88. The monoisotopic (exact) mass is 534 g/mol. The van der Waals surface area contributed by atoms with Crippen LogP contribution < -0.4 is 5.32 Å². The number of rotatable bonds is 8. The number of nitrogens with zero attached hydrogens (tertiary/aromatic N) is 5. The van der Waals surface area contributed by atoms with Crippen molar-refractivity contribution in [1.82, 2.24) is 24.4 Å². The zero-order valence-electron chi connectivity index (χ0n) is 22.3. The molecule has 0 aromatic carbocycles. The van der Waals surface area contributed by atoms with Crippen LogP contribution in [0.3, 0.4) is 0 Å². The molecule has 3 saturated heterocycles. The van der Waals surface area contributed by atoms with Crippen molar-refractivity contribution in [2.75, 3.05) is 45.5 Å². The lowest BCUT2D eigenvalue weighted by Gasteiger charge is -2.41. The Hall–Kier alpha value is -1.79. The summed E-state index contributed by atoms with van der Waals surface area (Å²) < 4.78 is 25.0. The number of piperazine rings is 1. The van der Waals surface area contributed by atoms with Gasteiger partial charge in [-0.2, -0.15) is 9.41 Å². The molecule has 3 fully saturated rings. The average molecular weight is 535 g/mol. The molecule has 4 aliphatic heterocycles. The van der Waals surface area contributed by atoms with E-state index in [9.17, 15) is 18.3 Å². The zero-order chi connectivity index (χ0) is 26.3. The van der Waals surface area contributed by atoms with Crippen LogP contribution in [0.5, 0.6) is 0 Å². The molecule has 0 spiro atoms. The first kappa shape index (κ1) is 26.8. The van der Waals surface area contributed by atoms with Gasteiger partial charge in [-0.15, -0.1) is 0 Å². The highest BCUT2D eigenvalue weighted by atomic mass is 32.2. The summed E-state index contributed by atoms with van der Waals surface area (Å²) in [6, 6.07) is 1.07. The number of hydrazone groups is 1. The lowest BCUT2D eigenvalue weighted by Crippen LogP contribution is -2.55. The minimum atomic E-state index is -3.15. The summed E-state index contributed by atoms with van der Waals surface area (Å²) >= 11 is 0. The molecule has 37 heavy (non-hydrogen) atoms. The van der Waals surface area contributed by atoms with Crippen molar-refractivity contribution in [3.63, 3.8) is 0 Å². The Balaban J connectivity index is 1.12. The number of fused-ring (bicyclic) bond motifs is 3. The smallest absolute Gasteiger partial charge is 0.268 e. The average Bonchev–Trinajstić information content (AvgIpc) is 3.33. The fourth-order valence-electron chi connectivity index (χ4n) is 6.76. The van der Waals surface area contributed by atoms with Crippen LogP contribution in [0, 0.1) is 5.92 Å². The third-order valence-electron chi connectivity index (χ3n) is 8.57. The molecule has 0 radical (unpaired) electrons. The largest absolute Gasteiger partial charge is 0.390 e. The van der Waals surface area contributed by atoms with Gasteiger partial charge in [-0.3, -0.25) is 19.6 Å². The van der Waals surface area contributed by atoms with E-state index in [0.717, 1.165) is 37.8 Å². The van der Waals surface area contributed by atoms with Crippen molar-refractivity contribution in [2.24, 2.45) is 11.0 Å². The van der Waals surface area contributed by atoms with E-state index in [4.69, 9.17) is 5.10 Å². The lowest BCUT2D eigenvalue weighted by atomic mass is 9.91. The molecule has 2 N–H and O–H groups in total. The second-order valence-corrected chi connectivity index (χ2v) is 13.6. The summed E-state index contributed by atoms with van der Waals surface area (Å²) in [5.41, 5.74) is 1.75. The minimum Gasteiger partial charge on any atom is -0.390 e. The van der Waals surface area contributed by atoms with E-state index in [0.29, 0.717) is 57.1 Å². The molecule has 11 heteroatoms. The molecule has 206 valence electrons. The molecule has 0 aromatic rings. The number of hydrogen-bond donors (Lipinski definition) is 2. The topological polar surface area (TPSA) is 109 Å². The summed E-state index contributed by atoms with van der Waals surface area (Å²) in [7, 11) is -3.15. The molecule has 5 aliphatic rings. The van der Waals surface area contributed by atoms with Gasteiger partial charge >= 0.3 is 0 Å². The molecule has 5 rings (SSSR count). The number of amides is 1. The van der Waals surface area contributed by atoms with Gasteiger partial charge in [-0.1, -0.05) is 12.2 Å². The maximum atomic E-state index is 13.3. The van der Waals surface area contributed by atoms with Crippen molar-refractivity contribution in [3.05, 3.63) is 23.9 Å². The molecule has 1 aliphatic carbocycles. The van der Waals surface area contributed by atoms with E-state index < -0.39 is 16.1 Å². The van der Waals surface area contributed by atoms with Crippen molar-refractivity contribution in [3.8, 4) is 0 Å². The van der Waals surface area contributed by atoms with E-state index >= 15 is 0 Å². The number of aliphatic hydroxyl groups excluding tert-OH is 1. The highest BCUT2D eigenvalue weighted by Crippen LogP contribution is 2.37. The number of carbonyl (C=O) groups excluding carboxylic acids is 1. The van der Waals surface area contributed by atoms with Gasteiger partial charge in [0.25, 0.3) is 5.91 Å². The standard InChI is InChI=1S/C26H42N6O4S/c1-18(2)32-24-7-5-4-6-23(24)25(28-32)26(34)27-19-14-20-8-9-21(15-19)31(20)17-22(33)16-29-10-12-30(13-11-29)37(3,35)36/h4-5,7,18-23,33H,6,8-17H2,1-3H3,(H,27,34)/t19?,20-,21+,22-,23?/m1/s1. The molecule has 2 bridgehead atoms. The van der Waals surface area contributed by atoms with E-state index in [-0.39, 0.29) is 23.9 Å². The Bertz CT molecular complexity index is 1050. The van der Waals surface area contributed by atoms with Gasteiger partial charge in [0.2, 0.25) is 10.0 Å². The Labute approximate surface area is 221 Å². The summed E-state index contributed by atoms with van der Waals surface area (Å²) in [6.07, 6.45) is 11.8. The first-order valence-corrected chi connectivity index (χ1v) is 15.6. The number of sulfonamides is 1. The Morgan fingerprint density at radius 1 is 1.14 bits per heavy atom. The first-order chi connectivity index (χ1) is 17.6. The molecule has 0 saturated carbocycles. The maximum Gasteiger partial charge on any atom is 0.268 e. The molecule has 10 nitrogen and oxygen atoms in total. The van der Waals surface area contributed by atoms with Crippen molar-refractivity contribution in [2.45, 2.75) is 76.2 Å². The summed E-state index contributed by atoms with van der Waals surface area (Å²) in [5, 5.41) is 20.9. The molecular weight excluding hydrogens is 492 g/mol. The Morgan fingerprint density at radius 3 is 2.43 bits per heavy atom. The fourth-order valence-corrected chi connectivity index (χ4v) is 7.59. The zero-order valence-corrected chi connectivity index (χ0v) is 23.1. The third kappa shape index (κ3) is 5.80. The highest BCUT2D eigenvalue weighted by Gasteiger charge is 2.43. The van der Waals surface area contributed by atoms with Gasteiger partial charge in [-0.25, -0.2) is 8.42 Å². The quantitative estimate of drug-likeness (QED) is 0.469. The predicted octanol–water partition coefficient (Wildman–Crippen LogP) is 0.576. The van der Waals surface area contributed by atoms with Crippen LogP contribution in [0.2, 0.25) is 0 Å². The predicted molar refractivity (Wildman–Crippen MR) is 143 cm³/mol. The van der Waals surface area contributed by atoms with Crippen molar-refractivity contribution in [1.29, 1.82) is 0 Å². The first-order valence-electron chi connectivity index (χ1n) is 13.8. The van der Waals surface area contributed by atoms with E-state index in [1.54, 1.807) is 0 Å². The number of aliphatic hydroxyl groups is 1. The van der Waals surface area contributed by atoms with Gasteiger partial charge in [0.1, 0.15) is 5.71 Å². The van der Waals surface area contributed by atoms with Gasteiger partial charge in [-0.05, 0) is 52.0 Å². The molecular formula is C26H42N6O4S. The van der Waals surface area contributed by atoms with E-state index in [1.165, 1.54) is 10.6 Å². The normalized spacial score (nSPS) is 31.9. The van der Waals surface area contributed by atoms with Gasteiger partial charge < -0.3 is 10.4 Å². The van der Waals surface area contributed by atoms with Gasteiger partial charge in [0, 0.05) is 69.1 Å². The third-order valence-corrected chi connectivity index (χ3v) is 9.88. The van der Waals surface area contributed by atoms with E-state index in [2.05, 4.69) is 47.2 Å². The molecule has 4 heterocycles. The molecule has 0 aromatic heterocycles. The Morgan fingerprint density at radius 2 is 1.81 bits per heavy atom. The van der Waals surface area contributed by atoms with Crippen molar-refractivity contribution >= 4 is 21.6 Å². The number of β-amino-alcohol motifs (C(OH)–C–C–N with tert-alkyl or cyclic N) is 1. The summed E-state index contributed by atoms with van der Waals surface area (Å²) in [5.74, 6) is -0.000806. The fraction of sp³-hybridized carbons (Fsp3) is 0.769. The summed E-state index contributed by atoms with van der Waals surface area (Å²) in [6.45, 7) is 7.64. The molecule has 5 atom stereocenters. The van der Waals surface area contributed by atoms with Crippen molar-refractivity contribution < 1.29 is 18.3 Å². The lowest BCUT2D eigenvalue weighted by molar-refractivity contribution is -0.116. The van der Waals surface area contributed by atoms with Crippen LogP contribution in [0.1, 0.15) is 46.0 Å². The number of hydrogen-bond acceptors (Lipinski definition) is 8. The maximum absolute atomic E-state index is 13.3. The van der Waals surface area contributed by atoms with Crippen LogP contribution in [0.15, 0.2) is 29.0 Å². The van der Waals surface area contributed by atoms with Gasteiger partial charge in [0.05, 0.1) is 18.3 Å². The van der Waals surface area contributed by atoms with Crippen LogP contribution in [-0.2, 0) is 14.8 Å². The Kier molecular flexibility index (Phi) is 7.80. The minimum absolute atomic E-state index is 0.0404. The van der Waals surface area contributed by atoms with Crippen LogP contribution in [-0.4, -0.2) is 120 Å². The van der Waals surface area contributed by atoms with Crippen LogP contribution >= 0.6 is 0 Å². The number of piperidine rings is 1. The second kappa shape index (κ2) is 10.8. The number of allylic oxidation sites excluding steroid dienone is 4. The van der Waals surface area contributed by atoms with Crippen LogP contribution in [0.4, 0.5) is 0 Å². The molecule has 1 amide bonds.